The van der Waals surface area contributed by atoms with Crippen LogP contribution in [0.5, 0.6) is 11.5 Å². The van der Waals surface area contributed by atoms with Crippen molar-refractivity contribution < 1.29 is 14.2 Å². The molecule has 120 valence electrons. The topological polar surface area (TPSA) is 27.7 Å². The van der Waals surface area contributed by atoms with Gasteiger partial charge in [0.15, 0.2) is 0 Å². The normalized spacial score (nSPS) is 11.2. The first kappa shape index (κ1) is 16.8. The van der Waals surface area contributed by atoms with Gasteiger partial charge in [-0.1, -0.05) is 48.6 Å². The third-order valence-corrected chi connectivity index (χ3v) is 3.28. The van der Waals surface area contributed by atoms with E-state index in [-0.39, 0.29) is 0 Å². The lowest BCUT2D eigenvalue weighted by Crippen LogP contribution is -1.90. The van der Waals surface area contributed by atoms with Gasteiger partial charge in [-0.05, 0) is 35.4 Å². The van der Waals surface area contributed by atoms with Gasteiger partial charge >= 0.3 is 0 Å². The molecular weight excluding hydrogens is 288 g/mol. The van der Waals surface area contributed by atoms with E-state index in [1.54, 1.807) is 14.2 Å². The number of ether oxygens (including phenoxy) is 3. The van der Waals surface area contributed by atoms with Crippen LogP contribution in [0.15, 0.2) is 60.7 Å². The Morgan fingerprint density at radius 1 is 0.652 bits per heavy atom. The molecule has 23 heavy (non-hydrogen) atoms. The van der Waals surface area contributed by atoms with Gasteiger partial charge in [0, 0.05) is 0 Å². The maximum atomic E-state index is 5.54. The molecule has 0 atom stereocenters. The van der Waals surface area contributed by atoms with Crippen LogP contribution in [0.4, 0.5) is 0 Å². The van der Waals surface area contributed by atoms with E-state index in [9.17, 15) is 0 Å². The van der Waals surface area contributed by atoms with E-state index in [0.717, 1.165) is 22.6 Å². The third-order valence-electron chi connectivity index (χ3n) is 3.28. The third kappa shape index (κ3) is 6.01. The summed E-state index contributed by atoms with van der Waals surface area (Å²) in [7, 11) is 3.33. The number of hydrogen-bond donors (Lipinski definition) is 0. The van der Waals surface area contributed by atoms with E-state index in [4.69, 9.17) is 14.2 Å². The molecule has 2 rings (SSSR count). The average Bonchev–Trinajstić information content (AvgIpc) is 2.62. The Hall–Kier alpha value is -2.52. The molecule has 0 radical (unpaired) electrons. The van der Waals surface area contributed by atoms with Gasteiger partial charge in [0.2, 0.25) is 0 Å². The lowest BCUT2D eigenvalue weighted by Gasteiger charge is -2.00. The molecule has 0 amide bonds. The maximum Gasteiger partial charge on any atom is 0.118 e. The van der Waals surface area contributed by atoms with Crippen molar-refractivity contribution in [2.75, 3.05) is 27.4 Å². The standard InChI is InChI=1S/C20H22O3/c1-21-19-11-7-17(8-12-19)5-3-15-23-16-4-6-18-9-13-20(22-2)14-10-18/h3-14H,15-16H2,1-2H3/b5-3-,6-4+. The fourth-order valence-corrected chi connectivity index (χ4v) is 2.00. The molecule has 0 saturated heterocycles. The second-order valence-electron chi connectivity index (χ2n) is 4.89. The van der Waals surface area contributed by atoms with Crippen LogP contribution in [-0.2, 0) is 4.74 Å². The first-order valence-corrected chi connectivity index (χ1v) is 7.51. The monoisotopic (exact) mass is 310 g/mol. The molecule has 3 heteroatoms. The molecule has 0 aliphatic rings. The van der Waals surface area contributed by atoms with Crippen LogP contribution in [-0.4, -0.2) is 27.4 Å². The van der Waals surface area contributed by atoms with Gasteiger partial charge in [-0.2, -0.15) is 0 Å². The summed E-state index contributed by atoms with van der Waals surface area (Å²) in [4.78, 5) is 0. The van der Waals surface area contributed by atoms with Crippen molar-refractivity contribution in [3.8, 4) is 11.5 Å². The van der Waals surface area contributed by atoms with Crippen molar-refractivity contribution in [1.29, 1.82) is 0 Å². The zero-order valence-electron chi connectivity index (χ0n) is 13.6. The zero-order chi connectivity index (χ0) is 16.3. The fourth-order valence-electron chi connectivity index (χ4n) is 2.00. The van der Waals surface area contributed by atoms with Crippen LogP contribution in [0.3, 0.4) is 0 Å². The second-order valence-corrected chi connectivity index (χ2v) is 4.89. The van der Waals surface area contributed by atoms with E-state index in [2.05, 4.69) is 0 Å². The van der Waals surface area contributed by atoms with Gasteiger partial charge < -0.3 is 14.2 Å². The smallest absolute Gasteiger partial charge is 0.118 e. The summed E-state index contributed by atoms with van der Waals surface area (Å²) in [5, 5.41) is 0. The van der Waals surface area contributed by atoms with Gasteiger partial charge in [-0.25, -0.2) is 0 Å². The highest BCUT2D eigenvalue weighted by atomic mass is 16.5. The largest absolute Gasteiger partial charge is 0.497 e. The predicted molar refractivity (Wildman–Crippen MR) is 94.9 cm³/mol. The summed E-state index contributed by atoms with van der Waals surface area (Å²) >= 11 is 0. The molecule has 0 spiro atoms. The summed E-state index contributed by atoms with van der Waals surface area (Å²) in [5.74, 6) is 1.73. The Bertz CT molecular complexity index is 567. The lowest BCUT2D eigenvalue weighted by atomic mass is 10.2. The minimum Gasteiger partial charge on any atom is -0.497 e. The highest BCUT2D eigenvalue weighted by Crippen LogP contribution is 2.13. The lowest BCUT2D eigenvalue weighted by molar-refractivity contribution is 0.195. The summed E-state index contributed by atoms with van der Waals surface area (Å²) < 4.78 is 15.8. The van der Waals surface area contributed by atoms with Crippen molar-refractivity contribution >= 4 is 12.2 Å². The molecule has 0 unspecified atom stereocenters. The van der Waals surface area contributed by atoms with Crippen LogP contribution in [0.1, 0.15) is 11.1 Å². The Balaban J connectivity index is 1.68. The molecule has 0 fully saturated rings. The highest BCUT2D eigenvalue weighted by Gasteiger charge is 1.91. The van der Waals surface area contributed by atoms with Crippen molar-refractivity contribution in [2.45, 2.75) is 0 Å². The Morgan fingerprint density at radius 3 is 1.39 bits per heavy atom. The van der Waals surface area contributed by atoms with Crippen molar-refractivity contribution in [3.63, 3.8) is 0 Å². The van der Waals surface area contributed by atoms with E-state index in [1.807, 2.05) is 72.8 Å². The number of hydrogen-bond acceptors (Lipinski definition) is 3. The van der Waals surface area contributed by atoms with Gasteiger partial charge in [0.1, 0.15) is 11.5 Å². The van der Waals surface area contributed by atoms with Crippen molar-refractivity contribution in [2.24, 2.45) is 0 Å². The van der Waals surface area contributed by atoms with Crippen molar-refractivity contribution in [3.05, 3.63) is 71.8 Å². The van der Waals surface area contributed by atoms with E-state index < -0.39 is 0 Å². The second kappa shape index (κ2) is 9.49. The predicted octanol–water partition coefficient (Wildman–Crippen LogP) is 4.45. The first-order valence-electron chi connectivity index (χ1n) is 7.51. The molecule has 0 heterocycles. The molecule has 0 aliphatic heterocycles. The van der Waals surface area contributed by atoms with Gasteiger partial charge in [-0.3, -0.25) is 0 Å². The fraction of sp³-hybridized carbons (Fsp3) is 0.200. The van der Waals surface area contributed by atoms with E-state index in [0.29, 0.717) is 13.2 Å². The van der Waals surface area contributed by atoms with Crippen LogP contribution >= 0.6 is 0 Å². The molecular formula is C20H22O3. The van der Waals surface area contributed by atoms with E-state index in [1.165, 1.54) is 0 Å². The Morgan fingerprint density at radius 2 is 1.04 bits per heavy atom. The Kier molecular flexibility index (Phi) is 6.95. The molecule has 3 nitrogen and oxygen atoms in total. The SMILES string of the molecule is COc1ccc(/C=C\COC/C=C/c2ccc(OC)cc2)cc1. The first-order chi connectivity index (χ1) is 11.3. The minimum absolute atomic E-state index is 0.582. The summed E-state index contributed by atoms with van der Waals surface area (Å²) in [6, 6.07) is 15.8. The highest BCUT2D eigenvalue weighted by molar-refractivity contribution is 5.51. The Labute approximate surface area is 137 Å². The number of rotatable bonds is 8. The summed E-state index contributed by atoms with van der Waals surface area (Å²) in [6.07, 6.45) is 8.07. The maximum absolute atomic E-state index is 5.54. The molecule has 0 aromatic heterocycles. The molecule has 0 N–H and O–H groups in total. The van der Waals surface area contributed by atoms with Gasteiger partial charge in [-0.15, -0.1) is 0 Å². The molecule has 0 bridgehead atoms. The van der Waals surface area contributed by atoms with Gasteiger partial charge in [0.05, 0.1) is 27.4 Å². The zero-order valence-corrected chi connectivity index (χ0v) is 13.6. The van der Waals surface area contributed by atoms with Crippen molar-refractivity contribution in [1.82, 2.24) is 0 Å². The van der Waals surface area contributed by atoms with Crippen LogP contribution in [0.25, 0.3) is 12.2 Å². The number of benzene rings is 2. The summed E-state index contributed by atoms with van der Waals surface area (Å²) in [5.41, 5.74) is 2.26. The minimum atomic E-state index is 0.582. The molecule has 2 aromatic carbocycles. The molecule has 0 aliphatic carbocycles. The van der Waals surface area contributed by atoms with Crippen LogP contribution < -0.4 is 9.47 Å². The molecule has 2 aromatic rings. The van der Waals surface area contributed by atoms with E-state index >= 15 is 0 Å². The molecule has 0 saturated carbocycles. The van der Waals surface area contributed by atoms with Gasteiger partial charge in [0.25, 0.3) is 0 Å². The number of methoxy groups -OCH3 is 2. The average molecular weight is 310 g/mol. The summed E-state index contributed by atoms with van der Waals surface area (Å²) in [6.45, 7) is 1.16. The quantitative estimate of drug-likeness (QED) is 0.674. The van der Waals surface area contributed by atoms with Crippen LogP contribution in [0, 0.1) is 0 Å². The van der Waals surface area contributed by atoms with Crippen LogP contribution in [0.2, 0.25) is 0 Å².